The molecule has 1 aromatic heterocycles. The Hall–Kier alpha value is -1.80. The number of nitrogens with zero attached hydrogens (tertiary/aromatic N) is 1. The van der Waals surface area contributed by atoms with Gasteiger partial charge in [-0.1, -0.05) is 41.2 Å². The lowest BCUT2D eigenvalue weighted by atomic mass is 10.2. The predicted octanol–water partition coefficient (Wildman–Crippen LogP) is 2.77. The summed E-state index contributed by atoms with van der Waals surface area (Å²) in [6.07, 6.45) is 0. The average molecular weight is 365 g/mol. The van der Waals surface area contributed by atoms with Crippen LogP contribution >= 0.6 is 11.3 Å². The Morgan fingerprint density at radius 3 is 2.29 bits per heavy atom. The fourth-order valence-corrected chi connectivity index (χ4v) is 3.70. The zero-order chi connectivity index (χ0) is 17.7. The van der Waals surface area contributed by atoms with Crippen LogP contribution < -0.4 is 4.57 Å². The van der Waals surface area contributed by atoms with Crippen LogP contribution in [0, 0.1) is 6.92 Å². The molecule has 0 fully saturated rings. The van der Waals surface area contributed by atoms with Gasteiger partial charge >= 0.3 is 0 Å². The number of aryl methyl sites for hydroxylation is 2. The Morgan fingerprint density at radius 2 is 1.75 bits per heavy atom. The van der Waals surface area contributed by atoms with Gasteiger partial charge in [0, 0.05) is 13.2 Å². The van der Waals surface area contributed by atoms with Gasteiger partial charge in [-0.3, -0.25) is 0 Å². The number of hydrogen-bond donors (Lipinski definition) is 0. The van der Waals surface area contributed by atoms with Crippen LogP contribution in [0.3, 0.4) is 0 Å². The first-order valence-electron chi connectivity index (χ1n) is 7.21. The minimum Gasteiger partial charge on any atom is -0.744 e. The van der Waals surface area contributed by atoms with Crippen molar-refractivity contribution < 1.29 is 22.3 Å². The molecule has 0 aliphatic carbocycles. The van der Waals surface area contributed by atoms with Crippen LogP contribution in [0.2, 0.25) is 0 Å². The van der Waals surface area contributed by atoms with Crippen molar-refractivity contribution >= 4 is 31.7 Å². The van der Waals surface area contributed by atoms with Crippen molar-refractivity contribution in [1.82, 2.24) is 0 Å². The highest BCUT2D eigenvalue weighted by atomic mass is 32.2. The number of benzene rings is 2. The number of aromatic nitrogens is 1. The second-order valence-electron chi connectivity index (χ2n) is 5.22. The molecule has 5 nitrogen and oxygen atoms in total. The van der Waals surface area contributed by atoms with Gasteiger partial charge in [0.2, 0.25) is 5.52 Å². The van der Waals surface area contributed by atoms with Gasteiger partial charge in [-0.25, -0.2) is 8.42 Å². The van der Waals surface area contributed by atoms with Crippen molar-refractivity contribution in [2.45, 2.75) is 18.4 Å². The molecule has 2 aromatic carbocycles. The smallest absolute Gasteiger partial charge is 0.264 e. The first kappa shape index (κ1) is 18.5. The van der Waals surface area contributed by atoms with Crippen molar-refractivity contribution in [1.29, 1.82) is 0 Å². The Balaban J connectivity index is 0.000000177. The van der Waals surface area contributed by atoms with E-state index in [4.69, 9.17) is 4.74 Å². The van der Waals surface area contributed by atoms with Crippen LogP contribution in [0.25, 0.3) is 10.2 Å². The van der Waals surface area contributed by atoms with Crippen molar-refractivity contribution in [2.24, 2.45) is 7.05 Å². The third-order valence-electron chi connectivity index (χ3n) is 3.41. The van der Waals surface area contributed by atoms with Crippen molar-refractivity contribution in [2.75, 3.05) is 7.11 Å². The van der Waals surface area contributed by atoms with Gasteiger partial charge in [0.1, 0.15) is 28.5 Å². The average Bonchev–Trinajstić information content (AvgIpc) is 2.85. The highest BCUT2D eigenvalue weighted by Crippen LogP contribution is 2.19. The SMILES string of the molecule is COCc1sc2ccccc2[n+]1C.Cc1ccc(S(=O)(=O)[O-])cc1. The monoisotopic (exact) mass is 365 g/mol. The third kappa shape index (κ3) is 4.61. The number of methoxy groups -OCH3 is 1. The van der Waals surface area contributed by atoms with E-state index < -0.39 is 10.1 Å². The molecule has 7 heteroatoms. The summed E-state index contributed by atoms with van der Waals surface area (Å²) in [7, 11) is -0.466. The summed E-state index contributed by atoms with van der Waals surface area (Å²) >= 11 is 1.79. The number of thiazole rings is 1. The van der Waals surface area contributed by atoms with Gasteiger partial charge < -0.3 is 9.29 Å². The molecule has 1 heterocycles. The van der Waals surface area contributed by atoms with E-state index in [0.717, 1.165) is 5.56 Å². The zero-order valence-corrected chi connectivity index (χ0v) is 15.4. The summed E-state index contributed by atoms with van der Waals surface area (Å²) < 4.78 is 39.8. The Labute approximate surface area is 145 Å². The number of para-hydroxylation sites is 1. The summed E-state index contributed by atoms with van der Waals surface area (Å²) in [5, 5.41) is 1.25. The van der Waals surface area contributed by atoms with Crippen LogP contribution in [-0.4, -0.2) is 20.1 Å². The molecule has 0 aliphatic rings. The zero-order valence-electron chi connectivity index (χ0n) is 13.7. The van der Waals surface area contributed by atoms with Gasteiger partial charge in [0.25, 0.3) is 5.01 Å². The maximum Gasteiger partial charge on any atom is 0.264 e. The number of ether oxygens (including phenoxy) is 1. The van der Waals surface area contributed by atoms with E-state index in [-0.39, 0.29) is 4.90 Å². The molecule has 0 bridgehead atoms. The van der Waals surface area contributed by atoms with E-state index in [9.17, 15) is 13.0 Å². The maximum absolute atomic E-state index is 10.4. The van der Waals surface area contributed by atoms with Gasteiger partial charge in [-0.2, -0.15) is 4.57 Å². The standard InChI is InChI=1S/C10H12NOS.C7H8O3S/c1-11-8-5-3-4-6-9(8)13-10(11)7-12-2;1-6-2-4-7(5-3-6)11(8,9)10/h3-6H,7H2,1-2H3;2-5H,1H3,(H,8,9,10)/q+1;/p-1. The largest absolute Gasteiger partial charge is 0.744 e. The normalized spacial score (nSPS) is 11.2. The molecule has 0 saturated carbocycles. The fourth-order valence-electron chi connectivity index (χ4n) is 2.11. The van der Waals surface area contributed by atoms with E-state index in [0.29, 0.717) is 6.61 Å². The highest BCUT2D eigenvalue weighted by molar-refractivity contribution is 7.85. The summed E-state index contributed by atoms with van der Waals surface area (Å²) in [5.41, 5.74) is 2.21. The van der Waals surface area contributed by atoms with Crippen LogP contribution in [0.1, 0.15) is 10.6 Å². The Bertz CT molecular complexity index is 915. The first-order chi connectivity index (χ1) is 11.3. The second-order valence-corrected chi connectivity index (χ2v) is 7.72. The minimum absolute atomic E-state index is 0.178. The number of rotatable bonds is 3. The summed E-state index contributed by atoms with van der Waals surface area (Å²) in [6, 6.07) is 14.2. The Morgan fingerprint density at radius 1 is 1.12 bits per heavy atom. The van der Waals surface area contributed by atoms with E-state index >= 15 is 0 Å². The maximum atomic E-state index is 10.4. The number of fused-ring (bicyclic) bond motifs is 1. The van der Waals surface area contributed by atoms with Crippen LogP contribution in [-0.2, 0) is 28.5 Å². The topological polar surface area (TPSA) is 70.3 Å². The van der Waals surface area contributed by atoms with Gasteiger partial charge in [-0.15, -0.1) is 0 Å². The quantitative estimate of drug-likeness (QED) is 0.529. The van der Waals surface area contributed by atoms with Crippen LogP contribution in [0.5, 0.6) is 0 Å². The van der Waals surface area contributed by atoms with Crippen molar-refractivity contribution in [3.8, 4) is 0 Å². The van der Waals surface area contributed by atoms with Crippen molar-refractivity contribution in [3.05, 3.63) is 59.1 Å². The molecule has 3 aromatic rings. The molecule has 0 atom stereocenters. The fraction of sp³-hybridized carbons (Fsp3) is 0.235. The minimum atomic E-state index is -4.27. The van der Waals surface area contributed by atoms with E-state index in [1.807, 2.05) is 6.92 Å². The molecule has 0 radical (unpaired) electrons. The predicted molar refractivity (Wildman–Crippen MR) is 92.9 cm³/mol. The molecule has 0 spiro atoms. The lowest BCUT2D eigenvalue weighted by molar-refractivity contribution is -0.650. The summed E-state index contributed by atoms with van der Waals surface area (Å²) in [6.45, 7) is 2.51. The molecular weight excluding hydrogens is 346 g/mol. The first-order valence-corrected chi connectivity index (χ1v) is 9.43. The molecule has 24 heavy (non-hydrogen) atoms. The van der Waals surface area contributed by atoms with E-state index in [1.165, 1.54) is 27.4 Å². The van der Waals surface area contributed by atoms with E-state index in [2.05, 4.69) is 35.9 Å². The lowest BCUT2D eigenvalue weighted by Crippen LogP contribution is -2.30. The molecule has 3 rings (SSSR count). The molecule has 0 aliphatic heterocycles. The highest BCUT2D eigenvalue weighted by Gasteiger charge is 2.14. The van der Waals surface area contributed by atoms with E-state index in [1.54, 1.807) is 30.6 Å². The van der Waals surface area contributed by atoms with Crippen LogP contribution in [0.15, 0.2) is 53.4 Å². The summed E-state index contributed by atoms with van der Waals surface area (Å²) in [4.78, 5) is -0.178. The lowest BCUT2D eigenvalue weighted by Gasteiger charge is -2.05. The molecular formula is C17H19NO4S2. The third-order valence-corrected chi connectivity index (χ3v) is 5.45. The van der Waals surface area contributed by atoms with Gasteiger partial charge in [0.05, 0.1) is 4.90 Å². The molecule has 0 amide bonds. The number of hydrogen-bond acceptors (Lipinski definition) is 5. The second kappa shape index (κ2) is 7.85. The molecule has 0 saturated heterocycles. The summed E-state index contributed by atoms with van der Waals surface area (Å²) in [5.74, 6) is 0. The molecule has 128 valence electrons. The van der Waals surface area contributed by atoms with Crippen molar-refractivity contribution in [3.63, 3.8) is 0 Å². The molecule has 0 unspecified atom stereocenters. The van der Waals surface area contributed by atoms with Gasteiger partial charge in [-0.05, 0) is 25.1 Å². The molecule has 0 N–H and O–H groups in total. The Kier molecular flexibility index (Phi) is 6.06. The van der Waals surface area contributed by atoms with Gasteiger partial charge in [0.15, 0.2) is 0 Å². The van der Waals surface area contributed by atoms with Crippen LogP contribution in [0.4, 0.5) is 0 Å².